The van der Waals surface area contributed by atoms with Crippen LogP contribution in [0.4, 0.5) is 8.78 Å². The van der Waals surface area contributed by atoms with Crippen molar-refractivity contribution >= 4 is 5.97 Å². The van der Waals surface area contributed by atoms with E-state index in [4.69, 9.17) is 9.84 Å². The Kier molecular flexibility index (Phi) is 4.18. The standard InChI is InChI=1S/C15H19F2NO3/c1-8-4-10(12-6-9(7-18-12)14(19)20)13(21-3)11(5-8)15(2,16)17/h4-5,9,12,18H,6-7H2,1-3H3,(H,19,20). The van der Waals surface area contributed by atoms with Crippen LogP contribution in [0.15, 0.2) is 12.1 Å². The summed E-state index contributed by atoms with van der Waals surface area (Å²) < 4.78 is 32.7. The van der Waals surface area contributed by atoms with Gasteiger partial charge in [0, 0.05) is 25.1 Å². The fourth-order valence-electron chi connectivity index (χ4n) is 2.77. The van der Waals surface area contributed by atoms with Crippen LogP contribution in [0, 0.1) is 12.8 Å². The maximum Gasteiger partial charge on any atom is 0.307 e. The van der Waals surface area contributed by atoms with E-state index in [2.05, 4.69) is 5.32 Å². The molecule has 1 aromatic rings. The molecule has 116 valence electrons. The third-order valence-corrected chi connectivity index (χ3v) is 3.79. The zero-order valence-electron chi connectivity index (χ0n) is 12.2. The average molecular weight is 299 g/mol. The minimum Gasteiger partial charge on any atom is -0.496 e. The fourth-order valence-corrected chi connectivity index (χ4v) is 2.77. The van der Waals surface area contributed by atoms with Crippen molar-refractivity contribution in [2.75, 3.05) is 13.7 Å². The van der Waals surface area contributed by atoms with Crippen LogP contribution in [-0.2, 0) is 10.7 Å². The Morgan fingerprint density at radius 3 is 2.62 bits per heavy atom. The maximum atomic E-state index is 13.8. The van der Waals surface area contributed by atoms with Crippen LogP contribution in [0.25, 0.3) is 0 Å². The SMILES string of the molecule is COc1c(C2CC(C(=O)O)CN2)cc(C)cc1C(C)(F)F. The lowest BCUT2D eigenvalue weighted by Gasteiger charge is -2.22. The smallest absolute Gasteiger partial charge is 0.307 e. The molecule has 0 radical (unpaired) electrons. The number of carboxylic acid groups (broad SMARTS) is 1. The van der Waals surface area contributed by atoms with Gasteiger partial charge in [-0.3, -0.25) is 4.79 Å². The molecule has 0 aromatic heterocycles. The van der Waals surface area contributed by atoms with Gasteiger partial charge in [0.1, 0.15) is 5.75 Å². The number of methoxy groups -OCH3 is 1. The Labute approximate surface area is 122 Å². The van der Waals surface area contributed by atoms with Gasteiger partial charge in [-0.25, -0.2) is 8.78 Å². The predicted octanol–water partition coefficient (Wildman–Crippen LogP) is 2.85. The molecule has 2 unspecified atom stereocenters. The summed E-state index contributed by atoms with van der Waals surface area (Å²) in [6.07, 6.45) is 0.365. The first kappa shape index (κ1) is 15.7. The van der Waals surface area contributed by atoms with Gasteiger partial charge in [-0.2, -0.15) is 0 Å². The van der Waals surface area contributed by atoms with Crippen molar-refractivity contribution in [3.05, 3.63) is 28.8 Å². The largest absolute Gasteiger partial charge is 0.496 e. The molecule has 6 heteroatoms. The van der Waals surface area contributed by atoms with Crippen molar-refractivity contribution in [1.82, 2.24) is 5.32 Å². The van der Waals surface area contributed by atoms with E-state index in [0.717, 1.165) is 6.92 Å². The van der Waals surface area contributed by atoms with Gasteiger partial charge in [0.25, 0.3) is 5.92 Å². The Bertz CT molecular complexity index is 555. The highest BCUT2D eigenvalue weighted by atomic mass is 19.3. The molecule has 4 nitrogen and oxygen atoms in total. The van der Waals surface area contributed by atoms with Gasteiger partial charge in [-0.05, 0) is 19.4 Å². The number of halogens is 2. The van der Waals surface area contributed by atoms with E-state index in [0.29, 0.717) is 24.1 Å². The summed E-state index contributed by atoms with van der Waals surface area (Å²) >= 11 is 0. The number of hydrogen-bond acceptors (Lipinski definition) is 3. The second kappa shape index (κ2) is 5.60. The molecular formula is C15H19F2NO3. The van der Waals surface area contributed by atoms with Crippen molar-refractivity contribution in [3.63, 3.8) is 0 Å². The molecule has 0 aliphatic carbocycles. The van der Waals surface area contributed by atoms with Crippen molar-refractivity contribution in [2.45, 2.75) is 32.2 Å². The monoisotopic (exact) mass is 299 g/mol. The number of ether oxygens (including phenoxy) is 1. The molecule has 1 saturated heterocycles. The first-order valence-corrected chi connectivity index (χ1v) is 6.77. The maximum absolute atomic E-state index is 13.8. The van der Waals surface area contributed by atoms with Crippen molar-refractivity contribution in [2.24, 2.45) is 5.92 Å². The fraction of sp³-hybridized carbons (Fsp3) is 0.533. The number of benzene rings is 1. The summed E-state index contributed by atoms with van der Waals surface area (Å²) in [6, 6.07) is 2.89. The van der Waals surface area contributed by atoms with E-state index >= 15 is 0 Å². The highest BCUT2D eigenvalue weighted by Gasteiger charge is 2.35. The van der Waals surface area contributed by atoms with Gasteiger partial charge in [0.15, 0.2) is 0 Å². The van der Waals surface area contributed by atoms with E-state index in [1.807, 2.05) is 0 Å². The summed E-state index contributed by atoms with van der Waals surface area (Å²) in [6.45, 7) is 2.90. The van der Waals surface area contributed by atoms with Crippen LogP contribution in [0.2, 0.25) is 0 Å². The minimum atomic E-state index is -3.02. The third kappa shape index (κ3) is 3.15. The van der Waals surface area contributed by atoms with Gasteiger partial charge in [-0.15, -0.1) is 0 Å². The van der Waals surface area contributed by atoms with Crippen LogP contribution < -0.4 is 10.1 Å². The van der Waals surface area contributed by atoms with E-state index in [9.17, 15) is 13.6 Å². The van der Waals surface area contributed by atoms with E-state index in [1.165, 1.54) is 13.2 Å². The van der Waals surface area contributed by atoms with Gasteiger partial charge >= 0.3 is 5.97 Å². The molecule has 2 atom stereocenters. The van der Waals surface area contributed by atoms with Gasteiger partial charge in [0.2, 0.25) is 0 Å². The van der Waals surface area contributed by atoms with Crippen LogP contribution in [0.3, 0.4) is 0 Å². The van der Waals surface area contributed by atoms with E-state index in [1.54, 1.807) is 13.0 Å². The summed E-state index contributed by atoms with van der Waals surface area (Å²) in [5, 5.41) is 12.1. The summed E-state index contributed by atoms with van der Waals surface area (Å²) in [5.74, 6) is -4.27. The van der Waals surface area contributed by atoms with Crippen LogP contribution in [0.5, 0.6) is 5.75 Å². The molecule has 1 heterocycles. The number of nitrogens with one attached hydrogen (secondary N) is 1. The second-order valence-electron chi connectivity index (χ2n) is 5.56. The van der Waals surface area contributed by atoms with Crippen molar-refractivity contribution in [3.8, 4) is 5.75 Å². The number of hydrogen-bond donors (Lipinski definition) is 2. The van der Waals surface area contributed by atoms with E-state index in [-0.39, 0.29) is 17.4 Å². The summed E-state index contributed by atoms with van der Waals surface area (Å²) in [5.41, 5.74) is 1.13. The van der Waals surface area contributed by atoms with Crippen LogP contribution in [0.1, 0.15) is 36.1 Å². The molecule has 0 saturated carbocycles. The lowest BCUT2D eigenvalue weighted by Crippen LogP contribution is -2.18. The Morgan fingerprint density at radius 2 is 2.14 bits per heavy atom. The number of carboxylic acids is 1. The highest BCUT2D eigenvalue weighted by Crippen LogP contribution is 2.42. The molecule has 2 rings (SSSR count). The number of rotatable bonds is 4. The molecule has 1 aliphatic heterocycles. The Balaban J connectivity index is 2.45. The average Bonchev–Trinajstić information content (AvgIpc) is 2.86. The number of carbonyl (C=O) groups is 1. The molecular weight excluding hydrogens is 280 g/mol. The van der Waals surface area contributed by atoms with Crippen molar-refractivity contribution in [1.29, 1.82) is 0 Å². The molecule has 1 aromatic carbocycles. The summed E-state index contributed by atoms with van der Waals surface area (Å²) in [4.78, 5) is 11.0. The zero-order valence-corrected chi connectivity index (χ0v) is 12.2. The lowest BCUT2D eigenvalue weighted by atomic mass is 9.93. The first-order chi connectivity index (χ1) is 9.74. The van der Waals surface area contributed by atoms with Gasteiger partial charge in [-0.1, -0.05) is 11.6 Å². The van der Waals surface area contributed by atoms with Crippen LogP contribution in [-0.4, -0.2) is 24.7 Å². The van der Waals surface area contributed by atoms with E-state index < -0.39 is 17.8 Å². The highest BCUT2D eigenvalue weighted by molar-refractivity contribution is 5.71. The quantitative estimate of drug-likeness (QED) is 0.897. The normalized spacial score (nSPS) is 22.3. The lowest BCUT2D eigenvalue weighted by molar-refractivity contribution is -0.141. The molecule has 0 spiro atoms. The predicted molar refractivity (Wildman–Crippen MR) is 73.8 cm³/mol. The molecule has 0 amide bonds. The Morgan fingerprint density at radius 1 is 1.48 bits per heavy atom. The second-order valence-corrected chi connectivity index (χ2v) is 5.56. The molecule has 1 fully saturated rings. The third-order valence-electron chi connectivity index (χ3n) is 3.79. The molecule has 21 heavy (non-hydrogen) atoms. The zero-order chi connectivity index (χ0) is 15.8. The molecule has 0 bridgehead atoms. The van der Waals surface area contributed by atoms with Crippen LogP contribution >= 0.6 is 0 Å². The number of aryl methyl sites for hydroxylation is 1. The number of aliphatic carboxylic acids is 1. The topological polar surface area (TPSA) is 58.6 Å². The minimum absolute atomic E-state index is 0.136. The molecule has 1 aliphatic rings. The summed E-state index contributed by atoms with van der Waals surface area (Å²) in [7, 11) is 1.35. The van der Waals surface area contributed by atoms with Gasteiger partial charge < -0.3 is 15.2 Å². The molecule has 2 N–H and O–H groups in total. The van der Waals surface area contributed by atoms with Crippen molar-refractivity contribution < 1.29 is 23.4 Å². The Hall–Kier alpha value is -1.69. The number of alkyl halides is 2. The first-order valence-electron chi connectivity index (χ1n) is 6.77. The van der Waals surface area contributed by atoms with Gasteiger partial charge in [0.05, 0.1) is 18.6 Å².